The minimum atomic E-state index is -0.360. The third-order valence-corrected chi connectivity index (χ3v) is 6.22. The van der Waals surface area contributed by atoms with Gasteiger partial charge in [-0.3, -0.25) is 15.0 Å². The van der Waals surface area contributed by atoms with Gasteiger partial charge in [0.2, 0.25) is 0 Å². The molecule has 1 heterocycles. The van der Waals surface area contributed by atoms with Crippen molar-refractivity contribution in [3.05, 3.63) is 100 Å². The number of carbonyl (C=O) groups excluding carboxylic acids is 2. The molecule has 0 saturated carbocycles. The van der Waals surface area contributed by atoms with Crippen LogP contribution in [0.4, 0.5) is 11.4 Å². The molecule has 1 aromatic heterocycles. The standard InChI is InChI=1S/C25H20N4O2S2/c26-23(27)17-4-3-5-18(14-17)28-25(31)22-20(12-13-33-22)29-24(30)16-10-8-15(9-11-16)19-6-1-2-7-21(19)32/h1-14,32H,(H3,26,27)(H,28,31)(H,29,30). The lowest BCUT2D eigenvalue weighted by molar-refractivity contribution is 0.102. The maximum absolute atomic E-state index is 12.8. The fourth-order valence-electron chi connectivity index (χ4n) is 3.25. The van der Waals surface area contributed by atoms with Crippen LogP contribution in [0.3, 0.4) is 0 Å². The molecule has 164 valence electrons. The van der Waals surface area contributed by atoms with Crippen LogP contribution < -0.4 is 16.4 Å². The number of rotatable bonds is 6. The van der Waals surface area contributed by atoms with Crippen LogP contribution in [0.15, 0.2) is 89.1 Å². The molecule has 0 spiro atoms. The highest BCUT2D eigenvalue weighted by atomic mass is 32.1. The molecule has 4 aromatic rings. The average Bonchev–Trinajstić information content (AvgIpc) is 3.28. The highest BCUT2D eigenvalue weighted by Gasteiger charge is 2.17. The molecule has 8 heteroatoms. The van der Waals surface area contributed by atoms with Crippen LogP contribution in [-0.2, 0) is 0 Å². The maximum atomic E-state index is 12.8. The van der Waals surface area contributed by atoms with Crippen LogP contribution >= 0.6 is 24.0 Å². The number of amidine groups is 1. The normalized spacial score (nSPS) is 10.5. The number of hydrogen-bond acceptors (Lipinski definition) is 5. The van der Waals surface area contributed by atoms with E-state index in [2.05, 4.69) is 23.3 Å². The van der Waals surface area contributed by atoms with E-state index in [9.17, 15) is 9.59 Å². The van der Waals surface area contributed by atoms with Gasteiger partial charge in [-0.2, -0.15) is 0 Å². The quantitative estimate of drug-likeness (QED) is 0.145. The first-order chi connectivity index (χ1) is 15.9. The molecule has 2 amide bonds. The highest BCUT2D eigenvalue weighted by Crippen LogP contribution is 2.27. The fourth-order valence-corrected chi connectivity index (χ4v) is 4.28. The van der Waals surface area contributed by atoms with Crippen LogP contribution in [0.5, 0.6) is 0 Å². The van der Waals surface area contributed by atoms with Crippen molar-refractivity contribution in [1.29, 1.82) is 5.41 Å². The van der Waals surface area contributed by atoms with Crippen molar-refractivity contribution in [2.75, 3.05) is 10.6 Å². The Labute approximate surface area is 200 Å². The Bertz CT molecular complexity index is 1350. The number of nitrogen functional groups attached to an aromatic ring is 1. The minimum absolute atomic E-state index is 0.0842. The molecule has 0 radical (unpaired) electrons. The van der Waals surface area contributed by atoms with E-state index in [-0.39, 0.29) is 17.6 Å². The van der Waals surface area contributed by atoms with E-state index >= 15 is 0 Å². The molecule has 0 saturated heterocycles. The van der Waals surface area contributed by atoms with E-state index in [1.165, 1.54) is 11.3 Å². The van der Waals surface area contributed by atoms with Gasteiger partial charge < -0.3 is 16.4 Å². The van der Waals surface area contributed by atoms with E-state index in [1.807, 2.05) is 36.4 Å². The van der Waals surface area contributed by atoms with Crippen LogP contribution in [-0.4, -0.2) is 17.6 Å². The summed E-state index contributed by atoms with van der Waals surface area (Å²) in [4.78, 5) is 26.8. The molecule has 0 aliphatic carbocycles. The number of thiophene rings is 1. The van der Waals surface area contributed by atoms with E-state index < -0.39 is 0 Å². The van der Waals surface area contributed by atoms with Crippen molar-refractivity contribution in [2.45, 2.75) is 4.90 Å². The predicted octanol–water partition coefficient (Wildman–Crippen LogP) is 5.49. The zero-order valence-corrected chi connectivity index (χ0v) is 19.0. The lowest BCUT2D eigenvalue weighted by Crippen LogP contribution is -2.17. The van der Waals surface area contributed by atoms with Crippen molar-refractivity contribution in [3.8, 4) is 11.1 Å². The summed E-state index contributed by atoms with van der Waals surface area (Å²) in [5, 5.41) is 14.9. The predicted molar refractivity (Wildman–Crippen MR) is 137 cm³/mol. The maximum Gasteiger partial charge on any atom is 0.267 e. The van der Waals surface area contributed by atoms with E-state index in [1.54, 1.807) is 47.8 Å². The van der Waals surface area contributed by atoms with Crippen molar-refractivity contribution in [2.24, 2.45) is 5.73 Å². The van der Waals surface area contributed by atoms with E-state index in [4.69, 9.17) is 11.1 Å². The van der Waals surface area contributed by atoms with E-state index in [0.29, 0.717) is 27.4 Å². The monoisotopic (exact) mass is 472 g/mol. The number of benzene rings is 3. The summed E-state index contributed by atoms with van der Waals surface area (Å²) < 4.78 is 0. The van der Waals surface area contributed by atoms with Crippen LogP contribution in [0.1, 0.15) is 25.6 Å². The molecular weight excluding hydrogens is 452 g/mol. The molecule has 5 N–H and O–H groups in total. The Kier molecular flexibility index (Phi) is 6.58. The largest absolute Gasteiger partial charge is 0.384 e. The van der Waals surface area contributed by atoms with Crippen LogP contribution in [0, 0.1) is 5.41 Å². The van der Waals surface area contributed by atoms with Gasteiger partial charge in [0.25, 0.3) is 11.8 Å². The minimum Gasteiger partial charge on any atom is -0.384 e. The molecular formula is C25H20N4O2S2. The molecule has 0 aliphatic heterocycles. The van der Waals surface area contributed by atoms with Crippen molar-refractivity contribution in [1.82, 2.24) is 0 Å². The van der Waals surface area contributed by atoms with Crippen molar-refractivity contribution in [3.63, 3.8) is 0 Å². The first kappa shape index (κ1) is 22.3. The van der Waals surface area contributed by atoms with Gasteiger partial charge in [0.05, 0.1) is 5.69 Å². The highest BCUT2D eigenvalue weighted by molar-refractivity contribution is 7.80. The summed E-state index contributed by atoms with van der Waals surface area (Å²) in [7, 11) is 0. The van der Waals surface area contributed by atoms with Crippen LogP contribution in [0.2, 0.25) is 0 Å². The average molecular weight is 473 g/mol. The first-order valence-corrected chi connectivity index (χ1v) is 11.3. The van der Waals surface area contributed by atoms with Gasteiger partial charge in [0.1, 0.15) is 10.7 Å². The summed E-state index contributed by atoms with van der Waals surface area (Å²) in [6.07, 6.45) is 0. The van der Waals surface area contributed by atoms with Crippen LogP contribution in [0.25, 0.3) is 11.1 Å². The van der Waals surface area contributed by atoms with Gasteiger partial charge >= 0.3 is 0 Å². The summed E-state index contributed by atoms with van der Waals surface area (Å²) >= 11 is 5.71. The summed E-state index contributed by atoms with van der Waals surface area (Å²) in [6, 6.07) is 23.4. The van der Waals surface area contributed by atoms with Gasteiger partial charge in [-0.1, -0.05) is 42.5 Å². The van der Waals surface area contributed by atoms with Gasteiger partial charge in [0.15, 0.2) is 0 Å². The lowest BCUT2D eigenvalue weighted by Gasteiger charge is -2.10. The molecule has 0 bridgehead atoms. The summed E-state index contributed by atoms with van der Waals surface area (Å²) in [5.41, 5.74) is 9.38. The molecule has 33 heavy (non-hydrogen) atoms. The second kappa shape index (κ2) is 9.72. The van der Waals surface area contributed by atoms with Gasteiger partial charge in [0, 0.05) is 21.7 Å². The topological polar surface area (TPSA) is 108 Å². The molecule has 3 aromatic carbocycles. The Morgan fingerprint density at radius 1 is 0.848 bits per heavy atom. The zero-order chi connectivity index (χ0) is 23.4. The van der Waals surface area contributed by atoms with Gasteiger partial charge in [-0.25, -0.2) is 0 Å². The molecule has 0 unspecified atom stereocenters. The number of nitrogens with one attached hydrogen (secondary N) is 3. The lowest BCUT2D eigenvalue weighted by atomic mass is 10.0. The molecule has 4 rings (SSSR count). The van der Waals surface area contributed by atoms with Gasteiger partial charge in [-0.15, -0.1) is 24.0 Å². The third kappa shape index (κ3) is 5.14. The fraction of sp³-hybridized carbons (Fsp3) is 0. The zero-order valence-electron chi connectivity index (χ0n) is 17.3. The Morgan fingerprint density at radius 3 is 2.33 bits per heavy atom. The second-order valence-corrected chi connectivity index (χ2v) is 8.56. The molecule has 0 aliphatic rings. The first-order valence-electron chi connectivity index (χ1n) is 9.95. The number of anilines is 2. The van der Waals surface area contributed by atoms with Crippen molar-refractivity contribution >= 4 is 53.0 Å². The smallest absolute Gasteiger partial charge is 0.267 e. The van der Waals surface area contributed by atoms with E-state index in [0.717, 1.165) is 16.0 Å². The Hall–Kier alpha value is -3.88. The number of nitrogens with two attached hydrogens (primary N) is 1. The number of thiol groups is 1. The summed E-state index contributed by atoms with van der Waals surface area (Å²) in [6.45, 7) is 0. The number of hydrogen-bond donors (Lipinski definition) is 5. The number of amides is 2. The van der Waals surface area contributed by atoms with Crippen molar-refractivity contribution < 1.29 is 9.59 Å². The molecule has 6 nitrogen and oxygen atoms in total. The Morgan fingerprint density at radius 2 is 1.61 bits per heavy atom. The third-order valence-electron chi connectivity index (χ3n) is 4.91. The molecule has 0 atom stereocenters. The molecule has 0 fully saturated rings. The second-order valence-electron chi connectivity index (χ2n) is 7.16. The SMILES string of the molecule is N=C(N)c1cccc(NC(=O)c2sccc2NC(=O)c2ccc(-c3ccccc3S)cc2)c1. The van der Waals surface area contributed by atoms with Gasteiger partial charge in [-0.05, 0) is 52.9 Å². The Balaban J connectivity index is 1.47. The number of carbonyl (C=O) groups is 2. The summed E-state index contributed by atoms with van der Waals surface area (Å²) in [5.74, 6) is -0.757.